The van der Waals surface area contributed by atoms with Crippen LogP contribution >= 0.6 is 0 Å². The normalized spacial score (nSPS) is 15.2. The summed E-state index contributed by atoms with van der Waals surface area (Å²) in [5.74, 6) is 1.82. The molecule has 5 heteroatoms. The highest BCUT2D eigenvalue weighted by atomic mass is 15.3. The van der Waals surface area contributed by atoms with Crippen molar-refractivity contribution in [2.75, 3.05) is 42.9 Å². The maximum atomic E-state index is 4.75. The SMILES string of the molecule is CCCCCNc1nc(C)cc(N2CCN(Cc3ccccc3)CC2)n1. The number of unbranched alkanes of at least 4 members (excludes halogenated alkanes) is 2. The van der Waals surface area contributed by atoms with Gasteiger partial charge in [0.1, 0.15) is 5.82 Å². The van der Waals surface area contributed by atoms with Crippen LogP contribution in [-0.4, -0.2) is 47.6 Å². The lowest BCUT2D eigenvalue weighted by atomic mass is 10.2. The Morgan fingerprint density at radius 3 is 2.50 bits per heavy atom. The minimum Gasteiger partial charge on any atom is -0.354 e. The molecule has 1 aromatic carbocycles. The van der Waals surface area contributed by atoms with E-state index in [1.807, 2.05) is 6.92 Å². The standard InChI is InChI=1S/C21H31N5/c1-3-4-8-11-22-21-23-18(2)16-20(24-21)26-14-12-25(13-15-26)17-19-9-6-5-7-10-19/h5-7,9-10,16H,3-4,8,11-15,17H2,1-2H3,(H,22,23,24). The summed E-state index contributed by atoms with van der Waals surface area (Å²) in [5, 5.41) is 3.38. The summed E-state index contributed by atoms with van der Waals surface area (Å²) >= 11 is 0. The summed E-state index contributed by atoms with van der Waals surface area (Å²) in [6, 6.07) is 12.8. The molecular weight excluding hydrogens is 322 g/mol. The molecule has 140 valence electrons. The van der Waals surface area contributed by atoms with Gasteiger partial charge in [0.25, 0.3) is 0 Å². The molecule has 0 radical (unpaired) electrons. The van der Waals surface area contributed by atoms with E-state index in [1.165, 1.54) is 24.8 Å². The Hall–Kier alpha value is -2.14. The van der Waals surface area contributed by atoms with Gasteiger partial charge in [0.05, 0.1) is 0 Å². The van der Waals surface area contributed by atoms with Crippen LogP contribution in [-0.2, 0) is 6.54 Å². The van der Waals surface area contributed by atoms with Crippen molar-refractivity contribution >= 4 is 11.8 Å². The van der Waals surface area contributed by atoms with Crippen LogP contribution in [0.4, 0.5) is 11.8 Å². The Bertz CT molecular complexity index is 665. The number of piperazine rings is 1. The molecule has 1 N–H and O–H groups in total. The van der Waals surface area contributed by atoms with Crippen LogP contribution in [0.25, 0.3) is 0 Å². The topological polar surface area (TPSA) is 44.3 Å². The molecular formula is C21H31N5. The second-order valence-electron chi connectivity index (χ2n) is 7.07. The number of hydrogen-bond acceptors (Lipinski definition) is 5. The molecule has 0 unspecified atom stereocenters. The number of nitrogens with zero attached hydrogens (tertiary/aromatic N) is 4. The summed E-state index contributed by atoms with van der Waals surface area (Å²) in [4.78, 5) is 14.2. The number of anilines is 2. The molecule has 3 rings (SSSR count). The van der Waals surface area contributed by atoms with E-state index in [1.54, 1.807) is 0 Å². The van der Waals surface area contributed by atoms with Crippen LogP contribution in [0.15, 0.2) is 36.4 Å². The van der Waals surface area contributed by atoms with Crippen molar-refractivity contribution in [3.8, 4) is 0 Å². The fourth-order valence-electron chi connectivity index (χ4n) is 3.34. The second kappa shape index (κ2) is 9.53. The van der Waals surface area contributed by atoms with Gasteiger partial charge in [-0.2, -0.15) is 4.98 Å². The van der Waals surface area contributed by atoms with Crippen LogP contribution < -0.4 is 10.2 Å². The van der Waals surface area contributed by atoms with Gasteiger partial charge in [-0.3, -0.25) is 4.90 Å². The van der Waals surface area contributed by atoms with Gasteiger partial charge in [-0.15, -0.1) is 0 Å². The van der Waals surface area contributed by atoms with Gasteiger partial charge < -0.3 is 10.2 Å². The number of rotatable bonds is 8. The van der Waals surface area contributed by atoms with Crippen LogP contribution in [0.2, 0.25) is 0 Å². The highest BCUT2D eigenvalue weighted by molar-refractivity contribution is 5.45. The van der Waals surface area contributed by atoms with E-state index in [2.05, 4.69) is 63.4 Å². The van der Waals surface area contributed by atoms with Crippen LogP contribution in [0.1, 0.15) is 37.4 Å². The van der Waals surface area contributed by atoms with E-state index in [-0.39, 0.29) is 0 Å². The summed E-state index contributed by atoms with van der Waals surface area (Å²) in [6.45, 7) is 10.4. The Balaban J connectivity index is 1.54. The number of hydrogen-bond donors (Lipinski definition) is 1. The lowest BCUT2D eigenvalue weighted by Gasteiger charge is -2.35. The van der Waals surface area contributed by atoms with Gasteiger partial charge in [0.15, 0.2) is 0 Å². The third-order valence-electron chi connectivity index (χ3n) is 4.85. The Kier molecular flexibility index (Phi) is 6.83. The van der Waals surface area contributed by atoms with E-state index < -0.39 is 0 Å². The lowest BCUT2D eigenvalue weighted by Crippen LogP contribution is -2.46. The highest BCUT2D eigenvalue weighted by Gasteiger charge is 2.19. The fraction of sp³-hybridized carbons (Fsp3) is 0.524. The van der Waals surface area contributed by atoms with E-state index in [9.17, 15) is 0 Å². The molecule has 26 heavy (non-hydrogen) atoms. The van der Waals surface area contributed by atoms with E-state index in [0.717, 1.165) is 56.7 Å². The van der Waals surface area contributed by atoms with Crippen LogP contribution in [0.5, 0.6) is 0 Å². The molecule has 1 aliphatic heterocycles. The minimum absolute atomic E-state index is 0.766. The molecule has 0 bridgehead atoms. The summed E-state index contributed by atoms with van der Waals surface area (Å²) < 4.78 is 0. The fourth-order valence-corrected chi connectivity index (χ4v) is 3.34. The number of aromatic nitrogens is 2. The Morgan fingerprint density at radius 1 is 1.00 bits per heavy atom. The molecule has 0 spiro atoms. The van der Waals surface area contributed by atoms with Crippen molar-refractivity contribution in [3.63, 3.8) is 0 Å². The van der Waals surface area contributed by atoms with Crippen LogP contribution in [0.3, 0.4) is 0 Å². The first-order valence-electron chi connectivity index (χ1n) is 9.85. The molecule has 0 aliphatic carbocycles. The van der Waals surface area contributed by atoms with Crippen molar-refractivity contribution in [2.24, 2.45) is 0 Å². The van der Waals surface area contributed by atoms with Gasteiger partial charge in [-0.05, 0) is 18.9 Å². The van der Waals surface area contributed by atoms with Crippen molar-refractivity contribution in [1.29, 1.82) is 0 Å². The largest absolute Gasteiger partial charge is 0.354 e. The third kappa shape index (κ3) is 5.43. The Morgan fingerprint density at radius 2 is 1.77 bits per heavy atom. The van der Waals surface area contributed by atoms with Gasteiger partial charge in [-0.25, -0.2) is 4.98 Å². The number of nitrogens with one attached hydrogen (secondary N) is 1. The highest BCUT2D eigenvalue weighted by Crippen LogP contribution is 2.18. The predicted octanol–water partition coefficient (Wildman–Crippen LogP) is 3.71. The molecule has 0 atom stereocenters. The first-order valence-corrected chi connectivity index (χ1v) is 9.85. The molecule has 0 amide bonds. The zero-order valence-corrected chi connectivity index (χ0v) is 16.1. The lowest BCUT2D eigenvalue weighted by molar-refractivity contribution is 0.249. The summed E-state index contributed by atoms with van der Waals surface area (Å²) in [5.41, 5.74) is 2.41. The molecule has 1 fully saturated rings. The van der Waals surface area contributed by atoms with Crippen molar-refractivity contribution < 1.29 is 0 Å². The second-order valence-corrected chi connectivity index (χ2v) is 7.07. The molecule has 1 aliphatic rings. The maximum absolute atomic E-state index is 4.75. The molecule has 2 heterocycles. The minimum atomic E-state index is 0.766. The molecule has 1 saturated heterocycles. The van der Waals surface area contributed by atoms with Gasteiger partial charge in [-0.1, -0.05) is 50.1 Å². The van der Waals surface area contributed by atoms with Crippen molar-refractivity contribution in [1.82, 2.24) is 14.9 Å². The smallest absolute Gasteiger partial charge is 0.224 e. The van der Waals surface area contributed by atoms with Crippen molar-refractivity contribution in [2.45, 2.75) is 39.7 Å². The molecule has 2 aromatic rings. The average Bonchev–Trinajstić information content (AvgIpc) is 2.66. The van der Waals surface area contributed by atoms with Gasteiger partial charge in [0.2, 0.25) is 5.95 Å². The zero-order valence-electron chi connectivity index (χ0n) is 16.1. The predicted molar refractivity (Wildman–Crippen MR) is 109 cm³/mol. The van der Waals surface area contributed by atoms with E-state index in [4.69, 9.17) is 4.98 Å². The summed E-state index contributed by atoms with van der Waals surface area (Å²) in [6.07, 6.45) is 3.64. The molecule has 1 aromatic heterocycles. The average molecular weight is 354 g/mol. The number of aryl methyl sites for hydroxylation is 1. The zero-order chi connectivity index (χ0) is 18.2. The van der Waals surface area contributed by atoms with Crippen molar-refractivity contribution in [3.05, 3.63) is 47.7 Å². The van der Waals surface area contributed by atoms with E-state index >= 15 is 0 Å². The quantitative estimate of drug-likeness (QED) is 0.733. The van der Waals surface area contributed by atoms with E-state index in [0.29, 0.717) is 0 Å². The van der Waals surface area contributed by atoms with Crippen LogP contribution in [0, 0.1) is 6.92 Å². The monoisotopic (exact) mass is 353 g/mol. The van der Waals surface area contributed by atoms with Gasteiger partial charge in [0, 0.05) is 51.0 Å². The third-order valence-corrected chi connectivity index (χ3v) is 4.85. The first-order chi connectivity index (χ1) is 12.7. The summed E-state index contributed by atoms with van der Waals surface area (Å²) in [7, 11) is 0. The molecule has 5 nitrogen and oxygen atoms in total. The maximum Gasteiger partial charge on any atom is 0.224 e. The van der Waals surface area contributed by atoms with Gasteiger partial charge >= 0.3 is 0 Å². The Labute approximate surface area is 157 Å². The molecule has 0 saturated carbocycles. The number of benzene rings is 1. The first kappa shape index (κ1) is 18.6.